The van der Waals surface area contributed by atoms with Crippen LogP contribution in [0.15, 0.2) is 0 Å². The maximum atomic E-state index is 3.62. The van der Waals surface area contributed by atoms with Gasteiger partial charge in [0.05, 0.1) is 0 Å². The van der Waals surface area contributed by atoms with Gasteiger partial charge in [-0.15, -0.1) is 0 Å². The molecule has 0 aromatic carbocycles. The Hall–Kier alpha value is -0.160. The molecule has 4 nitrogen and oxygen atoms in total. The minimum Gasteiger partial charge on any atom is -0.303 e. The SMILES string of the molecule is CC1CC(C)CN(CCCN2[C]N(CCCN3CCCCC3C)CC2)C1. The van der Waals surface area contributed by atoms with E-state index in [1.54, 1.807) is 0 Å². The molecule has 0 aliphatic carbocycles. The van der Waals surface area contributed by atoms with Crippen LogP contribution in [0.25, 0.3) is 0 Å². The summed E-state index contributed by atoms with van der Waals surface area (Å²) < 4.78 is 0. The van der Waals surface area contributed by atoms with E-state index in [9.17, 15) is 0 Å². The number of nitrogens with zero attached hydrogens (tertiary/aromatic N) is 4. The zero-order valence-corrected chi connectivity index (χ0v) is 17.6. The van der Waals surface area contributed by atoms with Crippen LogP contribution in [0.4, 0.5) is 0 Å². The molecule has 2 radical (unpaired) electrons. The zero-order chi connectivity index (χ0) is 18.4. The molecular formula is C22H42N4. The molecule has 0 spiro atoms. The summed E-state index contributed by atoms with van der Waals surface area (Å²) in [5.74, 6) is 1.75. The van der Waals surface area contributed by atoms with Gasteiger partial charge in [-0.3, -0.25) is 9.80 Å². The third-order valence-electron chi connectivity index (χ3n) is 6.58. The maximum Gasteiger partial charge on any atom is 0.146 e. The Morgan fingerprint density at radius 2 is 1.42 bits per heavy atom. The smallest absolute Gasteiger partial charge is 0.146 e. The standard InChI is InChI=1S/C22H42N4/c1-20-16-21(2)18-25(17-20)11-6-9-23-14-15-24(19-23)10-7-13-26-12-5-4-8-22(26)3/h20-22H,4-18H2,1-3H3. The second-order valence-corrected chi connectivity index (χ2v) is 9.37. The van der Waals surface area contributed by atoms with Gasteiger partial charge >= 0.3 is 0 Å². The molecule has 26 heavy (non-hydrogen) atoms. The highest BCUT2D eigenvalue weighted by Gasteiger charge is 2.24. The van der Waals surface area contributed by atoms with Crippen LogP contribution in [0.1, 0.15) is 59.3 Å². The van der Waals surface area contributed by atoms with Crippen molar-refractivity contribution in [2.45, 2.75) is 65.3 Å². The number of piperidine rings is 2. The molecule has 3 aliphatic heterocycles. The average Bonchev–Trinajstić information content (AvgIpc) is 3.03. The lowest BCUT2D eigenvalue weighted by molar-refractivity contribution is 0.135. The lowest BCUT2D eigenvalue weighted by Gasteiger charge is -2.35. The van der Waals surface area contributed by atoms with Crippen molar-refractivity contribution in [3.05, 3.63) is 6.67 Å². The first kappa shape index (κ1) is 20.6. The molecule has 3 saturated heterocycles. The topological polar surface area (TPSA) is 13.0 Å². The molecule has 3 unspecified atom stereocenters. The van der Waals surface area contributed by atoms with Crippen LogP contribution in [-0.2, 0) is 0 Å². The Morgan fingerprint density at radius 1 is 0.769 bits per heavy atom. The number of hydrogen-bond donors (Lipinski definition) is 0. The molecule has 3 fully saturated rings. The summed E-state index contributed by atoms with van der Waals surface area (Å²) in [4.78, 5) is 10.2. The van der Waals surface area contributed by atoms with Crippen molar-refractivity contribution >= 4 is 0 Å². The molecule has 0 bridgehead atoms. The van der Waals surface area contributed by atoms with Crippen LogP contribution >= 0.6 is 0 Å². The molecule has 4 heteroatoms. The Balaban J connectivity index is 1.24. The van der Waals surface area contributed by atoms with E-state index in [4.69, 9.17) is 0 Å². The predicted octanol–water partition coefficient (Wildman–Crippen LogP) is 3.23. The van der Waals surface area contributed by atoms with E-state index < -0.39 is 0 Å². The summed E-state index contributed by atoms with van der Waals surface area (Å²) in [7, 11) is 0. The van der Waals surface area contributed by atoms with Crippen LogP contribution in [-0.4, -0.2) is 84.5 Å². The van der Waals surface area contributed by atoms with Crippen molar-refractivity contribution in [2.75, 3.05) is 58.9 Å². The van der Waals surface area contributed by atoms with Crippen molar-refractivity contribution in [3.8, 4) is 0 Å². The Bertz CT molecular complexity index is 392. The molecule has 3 rings (SSSR count). The van der Waals surface area contributed by atoms with E-state index in [1.807, 2.05) is 0 Å². The molecule has 3 aliphatic rings. The largest absolute Gasteiger partial charge is 0.303 e. The molecule has 0 amide bonds. The van der Waals surface area contributed by atoms with Crippen molar-refractivity contribution in [1.29, 1.82) is 0 Å². The lowest BCUT2D eigenvalue weighted by atomic mass is 9.92. The Labute approximate surface area is 162 Å². The van der Waals surface area contributed by atoms with Crippen LogP contribution < -0.4 is 0 Å². The fraction of sp³-hybridized carbons (Fsp3) is 0.955. The highest BCUT2D eigenvalue weighted by Crippen LogP contribution is 2.21. The first-order valence-corrected chi connectivity index (χ1v) is 11.3. The first-order chi connectivity index (χ1) is 12.6. The van der Waals surface area contributed by atoms with Gasteiger partial charge in [0.2, 0.25) is 0 Å². The van der Waals surface area contributed by atoms with Gasteiger partial charge in [0.1, 0.15) is 6.67 Å². The molecule has 0 aromatic rings. The fourth-order valence-corrected chi connectivity index (χ4v) is 5.28. The minimum absolute atomic E-state index is 0.798. The summed E-state index contributed by atoms with van der Waals surface area (Å²) in [6.45, 7) is 22.0. The van der Waals surface area contributed by atoms with E-state index in [0.29, 0.717) is 0 Å². The monoisotopic (exact) mass is 362 g/mol. The summed E-state index contributed by atoms with van der Waals surface area (Å²) in [5.41, 5.74) is 0. The van der Waals surface area contributed by atoms with Gasteiger partial charge in [-0.1, -0.05) is 20.3 Å². The summed E-state index contributed by atoms with van der Waals surface area (Å²) in [6.07, 6.45) is 8.20. The van der Waals surface area contributed by atoms with E-state index >= 15 is 0 Å². The Kier molecular flexibility index (Phi) is 8.23. The molecule has 0 saturated carbocycles. The van der Waals surface area contributed by atoms with E-state index in [1.165, 1.54) is 97.4 Å². The quantitative estimate of drug-likeness (QED) is 0.657. The normalized spacial score (nSPS) is 33.1. The van der Waals surface area contributed by atoms with Gasteiger partial charge in [0.15, 0.2) is 0 Å². The fourth-order valence-electron chi connectivity index (χ4n) is 5.28. The molecule has 0 aromatic heterocycles. The van der Waals surface area contributed by atoms with E-state index in [2.05, 4.69) is 47.0 Å². The van der Waals surface area contributed by atoms with Gasteiger partial charge in [-0.25, -0.2) is 0 Å². The highest BCUT2D eigenvalue weighted by atomic mass is 15.4. The Morgan fingerprint density at radius 3 is 2.08 bits per heavy atom. The third kappa shape index (κ3) is 6.47. The van der Waals surface area contributed by atoms with Gasteiger partial charge in [0.25, 0.3) is 0 Å². The second kappa shape index (κ2) is 10.4. The maximum absolute atomic E-state index is 3.62. The molecule has 3 heterocycles. The van der Waals surface area contributed by atoms with Crippen LogP contribution in [0.5, 0.6) is 0 Å². The van der Waals surface area contributed by atoms with E-state index in [0.717, 1.165) is 17.9 Å². The second-order valence-electron chi connectivity index (χ2n) is 9.37. The van der Waals surface area contributed by atoms with Gasteiger partial charge < -0.3 is 9.80 Å². The molecular weight excluding hydrogens is 320 g/mol. The summed E-state index contributed by atoms with van der Waals surface area (Å²) in [6, 6.07) is 0.798. The minimum atomic E-state index is 0.798. The number of hydrogen-bond acceptors (Lipinski definition) is 4. The average molecular weight is 363 g/mol. The summed E-state index contributed by atoms with van der Waals surface area (Å²) >= 11 is 0. The highest BCUT2D eigenvalue weighted by molar-refractivity contribution is 4.82. The van der Waals surface area contributed by atoms with E-state index in [-0.39, 0.29) is 0 Å². The van der Waals surface area contributed by atoms with Crippen molar-refractivity contribution in [2.24, 2.45) is 11.8 Å². The van der Waals surface area contributed by atoms with Crippen molar-refractivity contribution in [3.63, 3.8) is 0 Å². The first-order valence-electron chi connectivity index (χ1n) is 11.3. The van der Waals surface area contributed by atoms with Crippen LogP contribution in [0.2, 0.25) is 0 Å². The van der Waals surface area contributed by atoms with Gasteiger partial charge in [-0.2, -0.15) is 0 Å². The molecule has 3 atom stereocenters. The number of rotatable bonds is 8. The van der Waals surface area contributed by atoms with Crippen molar-refractivity contribution in [1.82, 2.24) is 19.6 Å². The number of likely N-dealkylation sites (tertiary alicyclic amines) is 2. The van der Waals surface area contributed by atoms with Gasteiger partial charge in [0, 0.05) is 45.3 Å². The van der Waals surface area contributed by atoms with Crippen LogP contribution in [0.3, 0.4) is 0 Å². The third-order valence-corrected chi connectivity index (χ3v) is 6.58. The predicted molar refractivity (Wildman–Crippen MR) is 110 cm³/mol. The van der Waals surface area contributed by atoms with Crippen LogP contribution in [0, 0.1) is 18.5 Å². The molecule has 0 N–H and O–H groups in total. The summed E-state index contributed by atoms with van der Waals surface area (Å²) in [5, 5.41) is 0. The molecule has 150 valence electrons. The lowest BCUT2D eigenvalue weighted by Crippen LogP contribution is -2.40. The zero-order valence-electron chi connectivity index (χ0n) is 17.6. The van der Waals surface area contributed by atoms with Gasteiger partial charge in [-0.05, 0) is 70.5 Å². The van der Waals surface area contributed by atoms with Crippen molar-refractivity contribution < 1.29 is 0 Å².